The Hall–Kier alpha value is -1.39. The lowest BCUT2D eigenvalue weighted by atomic mass is 9.86. The first-order valence-corrected chi connectivity index (χ1v) is 8.37. The first-order valence-electron chi connectivity index (χ1n) is 6.42. The van der Waals surface area contributed by atoms with Crippen molar-refractivity contribution in [3.8, 4) is 6.07 Å². The highest BCUT2D eigenvalue weighted by Crippen LogP contribution is 2.35. The zero-order valence-electron chi connectivity index (χ0n) is 12.0. The number of hydrogen-bond acceptors (Lipinski definition) is 3. The second kappa shape index (κ2) is 6.16. The Morgan fingerprint density at radius 1 is 1.29 bits per heavy atom. The Morgan fingerprint density at radius 2 is 1.90 bits per heavy atom. The fraction of sp³-hybridized carbons (Fsp3) is 0.250. The topological polar surface area (TPSA) is 52.9 Å². The van der Waals surface area contributed by atoms with Crippen LogP contribution in [0.4, 0.5) is 5.00 Å². The van der Waals surface area contributed by atoms with Gasteiger partial charge in [0, 0.05) is 9.13 Å². The van der Waals surface area contributed by atoms with Crippen molar-refractivity contribution >= 4 is 44.8 Å². The Balaban J connectivity index is 2.28. The molecule has 0 bridgehead atoms. The summed E-state index contributed by atoms with van der Waals surface area (Å²) in [5, 5.41) is 14.8. The van der Waals surface area contributed by atoms with Crippen LogP contribution in [0, 0.1) is 14.9 Å². The molecule has 0 saturated carbocycles. The number of halogens is 1. The molecule has 1 amide bonds. The summed E-state index contributed by atoms with van der Waals surface area (Å²) in [6.45, 7) is 6.17. The fourth-order valence-electron chi connectivity index (χ4n) is 1.89. The number of nitriles is 1. The molecule has 108 valence electrons. The second-order valence-corrected chi connectivity index (χ2v) is 7.80. The molecule has 0 radical (unpaired) electrons. The summed E-state index contributed by atoms with van der Waals surface area (Å²) in [6, 6.07) is 9.54. The van der Waals surface area contributed by atoms with Crippen LogP contribution in [0.5, 0.6) is 0 Å². The molecule has 0 aliphatic heterocycles. The van der Waals surface area contributed by atoms with E-state index >= 15 is 0 Å². The van der Waals surface area contributed by atoms with Gasteiger partial charge in [-0.2, -0.15) is 5.26 Å². The summed E-state index contributed by atoms with van der Waals surface area (Å²) in [4.78, 5) is 12.2. The van der Waals surface area contributed by atoms with Crippen molar-refractivity contribution in [1.82, 2.24) is 0 Å². The highest BCUT2D eigenvalue weighted by Gasteiger charge is 2.23. The number of rotatable bonds is 2. The fourth-order valence-corrected chi connectivity index (χ4v) is 3.38. The van der Waals surface area contributed by atoms with E-state index in [-0.39, 0.29) is 11.3 Å². The van der Waals surface area contributed by atoms with Gasteiger partial charge in [-0.1, -0.05) is 20.8 Å². The molecule has 1 aromatic carbocycles. The lowest BCUT2D eigenvalue weighted by Gasteiger charge is -2.17. The minimum Gasteiger partial charge on any atom is -0.312 e. The molecule has 0 saturated heterocycles. The molecule has 0 spiro atoms. The zero-order valence-corrected chi connectivity index (χ0v) is 15.0. The van der Waals surface area contributed by atoms with Crippen LogP contribution in [0.15, 0.2) is 29.6 Å². The van der Waals surface area contributed by atoms with Gasteiger partial charge in [0.15, 0.2) is 0 Å². The van der Waals surface area contributed by atoms with Crippen molar-refractivity contribution < 1.29 is 4.79 Å². The molecule has 0 unspecified atom stereocenters. The normalized spacial score (nSPS) is 11.0. The van der Waals surface area contributed by atoms with Crippen molar-refractivity contribution in [2.75, 3.05) is 5.32 Å². The van der Waals surface area contributed by atoms with E-state index in [0.717, 1.165) is 9.13 Å². The number of nitrogens with one attached hydrogen (secondary N) is 1. The molecule has 0 aliphatic carbocycles. The van der Waals surface area contributed by atoms with Crippen LogP contribution in [0.1, 0.15) is 42.3 Å². The van der Waals surface area contributed by atoms with Gasteiger partial charge in [0.25, 0.3) is 5.91 Å². The average molecular weight is 410 g/mol. The third-order valence-electron chi connectivity index (χ3n) is 3.04. The van der Waals surface area contributed by atoms with Gasteiger partial charge in [0.2, 0.25) is 0 Å². The molecule has 1 N–H and O–H groups in total. The van der Waals surface area contributed by atoms with Crippen LogP contribution in [0.3, 0.4) is 0 Å². The van der Waals surface area contributed by atoms with Gasteiger partial charge < -0.3 is 5.32 Å². The molecule has 0 fully saturated rings. The van der Waals surface area contributed by atoms with Crippen molar-refractivity contribution in [2.24, 2.45) is 0 Å². The minimum absolute atomic E-state index is 0.118. The van der Waals surface area contributed by atoms with Gasteiger partial charge in [-0.15, -0.1) is 11.3 Å². The quantitative estimate of drug-likeness (QED) is 0.725. The summed E-state index contributed by atoms with van der Waals surface area (Å²) < 4.78 is 1.08. The van der Waals surface area contributed by atoms with E-state index in [0.29, 0.717) is 16.1 Å². The Bertz CT molecular complexity index is 705. The molecule has 2 rings (SSSR count). The first-order chi connectivity index (χ1) is 9.82. The molecule has 21 heavy (non-hydrogen) atoms. The molecule has 2 aromatic rings. The van der Waals surface area contributed by atoms with E-state index in [2.05, 4.69) is 54.7 Å². The van der Waals surface area contributed by atoms with E-state index in [4.69, 9.17) is 0 Å². The van der Waals surface area contributed by atoms with Gasteiger partial charge in [-0.3, -0.25) is 4.79 Å². The van der Waals surface area contributed by atoms with Crippen LogP contribution in [-0.4, -0.2) is 5.91 Å². The van der Waals surface area contributed by atoms with Gasteiger partial charge >= 0.3 is 0 Å². The number of nitrogens with zero attached hydrogens (tertiary/aromatic N) is 1. The smallest absolute Gasteiger partial charge is 0.256 e. The van der Waals surface area contributed by atoms with Gasteiger partial charge in [-0.25, -0.2) is 0 Å². The van der Waals surface area contributed by atoms with E-state index < -0.39 is 0 Å². The molecule has 5 heteroatoms. The van der Waals surface area contributed by atoms with E-state index in [1.807, 2.05) is 17.5 Å². The molecule has 3 nitrogen and oxygen atoms in total. The maximum atomic E-state index is 12.2. The molecular weight excluding hydrogens is 395 g/mol. The Labute approximate surface area is 142 Å². The summed E-state index contributed by atoms with van der Waals surface area (Å²) in [7, 11) is 0. The third-order valence-corrected chi connectivity index (χ3v) is 4.66. The molecule has 0 aliphatic rings. The number of amides is 1. The lowest BCUT2D eigenvalue weighted by molar-refractivity contribution is 0.102. The number of carbonyl (C=O) groups is 1. The maximum Gasteiger partial charge on any atom is 0.256 e. The SMILES string of the molecule is CC(C)(C)c1csc(NC(=O)c2ccc(I)cc2)c1C#N. The van der Waals surface area contributed by atoms with E-state index in [1.165, 1.54) is 11.3 Å². The number of hydrogen-bond donors (Lipinski definition) is 1. The predicted molar refractivity (Wildman–Crippen MR) is 94.8 cm³/mol. The summed E-state index contributed by atoms with van der Waals surface area (Å²) in [6.07, 6.45) is 0. The van der Waals surface area contributed by atoms with Gasteiger partial charge in [0.1, 0.15) is 11.1 Å². The molecule has 1 heterocycles. The second-order valence-electron chi connectivity index (χ2n) is 5.68. The minimum atomic E-state index is -0.190. The zero-order chi connectivity index (χ0) is 15.6. The van der Waals surface area contributed by atoms with E-state index in [9.17, 15) is 10.1 Å². The molecular formula is C16H15IN2OS. The maximum absolute atomic E-state index is 12.2. The van der Waals surface area contributed by atoms with E-state index in [1.54, 1.807) is 12.1 Å². The summed E-state index contributed by atoms with van der Waals surface area (Å²) >= 11 is 3.59. The average Bonchev–Trinajstić information content (AvgIpc) is 2.82. The van der Waals surface area contributed by atoms with Crippen molar-refractivity contribution in [1.29, 1.82) is 5.26 Å². The number of carbonyl (C=O) groups excluding carboxylic acids is 1. The molecule has 1 aromatic heterocycles. The first kappa shape index (κ1) is 16.0. The van der Waals surface area contributed by atoms with Crippen LogP contribution in [-0.2, 0) is 5.41 Å². The van der Waals surface area contributed by atoms with Crippen molar-refractivity contribution in [3.63, 3.8) is 0 Å². The van der Waals surface area contributed by atoms with Crippen LogP contribution in [0.2, 0.25) is 0 Å². The summed E-state index contributed by atoms with van der Waals surface area (Å²) in [5.74, 6) is -0.190. The predicted octanol–water partition coefficient (Wildman–Crippen LogP) is 4.77. The van der Waals surface area contributed by atoms with Crippen molar-refractivity contribution in [2.45, 2.75) is 26.2 Å². The van der Waals surface area contributed by atoms with Gasteiger partial charge in [-0.05, 0) is 63.2 Å². The van der Waals surface area contributed by atoms with Crippen molar-refractivity contribution in [3.05, 3.63) is 49.9 Å². The monoisotopic (exact) mass is 410 g/mol. The van der Waals surface area contributed by atoms with Gasteiger partial charge in [0.05, 0.1) is 5.56 Å². The Morgan fingerprint density at radius 3 is 2.43 bits per heavy atom. The number of anilines is 1. The third kappa shape index (κ3) is 3.63. The Kier molecular flexibility index (Phi) is 4.69. The number of benzene rings is 1. The van der Waals surface area contributed by atoms with Crippen LogP contribution < -0.4 is 5.32 Å². The van der Waals surface area contributed by atoms with Crippen LogP contribution >= 0.6 is 33.9 Å². The number of thiophene rings is 1. The molecule has 0 atom stereocenters. The lowest BCUT2D eigenvalue weighted by Crippen LogP contribution is -2.14. The van der Waals surface area contributed by atoms with Crippen LogP contribution in [0.25, 0.3) is 0 Å². The summed E-state index contributed by atoms with van der Waals surface area (Å²) in [5.41, 5.74) is 2.00. The highest BCUT2D eigenvalue weighted by molar-refractivity contribution is 14.1. The highest BCUT2D eigenvalue weighted by atomic mass is 127. The standard InChI is InChI=1S/C16H15IN2OS/c1-16(2,3)13-9-21-15(12(13)8-18)19-14(20)10-4-6-11(17)7-5-10/h4-7,9H,1-3H3,(H,19,20). The largest absolute Gasteiger partial charge is 0.312 e.